The van der Waals surface area contributed by atoms with Gasteiger partial charge >= 0.3 is 0 Å². The summed E-state index contributed by atoms with van der Waals surface area (Å²) in [7, 11) is 0. The molecule has 5 nitrogen and oxygen atoms in total. The summed E-state index contributed by atoms with van der Waals surface area (Å²) in [5, 5.41) is 4.82. The summed E-state index contributed by atoms with van der Waals surface area (Å²) >= 11 is 1.55. The summed E-state index contributed by atoms with van der Waals surface area (Å²) in [5.74, 6) is -0.0607. The third-order valence-electron chi connectivity index (χ3n) is 3.57. The molecule has 0 unspecified atom stereocenters. The van der Waals surface area contributed by atoms with Gasteiger partial charge in [0.25, 0.3) is 0 Å². The van der Waals surface area contributed by atoms with Gasteiger partial charge in [-0.25, -0.2) is 0 Å². The molecule has 0 spiro atoms. The first-order valence-corrected chi connectivity index (χ1v) is 8.07. The number of carbonyl (C=O) groups is 2. The van der Waals surface area contributed by atoms with E-state index in [1.807, 2.05) is 36.3 Å². The fourth-order valence-electron chi connectivity index (χ4n) is 2.50. The highest BCUT2D eigenvalue weighted by Crippen LogP contribution is 2.24. The van der Waals surface area contributed by atoms with E-state index in [0.717, 1.165) is 4.88 Å². The average Bonchev–Trinajstić information content (AvgIpc) is 2.94. The molecular formula is C15H22N2O3S. The molecule has 116 valence electrons. The molecule has 0 saturated carbocycles. The van der Waals surface area contributed by atoms with Crippen LogP contribution < -0.4 is 5.32 Å². The quantitative estimate of drug-likeness (QED) is 0.925. The minimum Gasteiger partial charge on any atom is -0.375 e. The van der Waals surface area contributed by atoms with Crippen molar-refractivity contribution in [3.05, 3.63) is 22.4 Å². The van der Waals surface area contributed by atoms with Crippen molar-refractivity contribution in [3.63, 3.8) is 0 Å². The Morgan fingerprint density at radius 3 is 2.90 bits per heavy atom. The van der Waals surface area contributed by atoms with Gasteiger partial charge in [-0.1, -0.05) is 6.07 Å². The van der Waals surface area contributed by atoms with Crippen LogP contribution in [-0.2, 0) is 14.3 Å². The Labute approximate surface area is 129 Å². The first-order chi connectivity index (χ1) is 9.97. The number of ether oxygens (including phenoxy) is 1. The first-order valence-electron chi connectivity index (χ1n) is 7.19. The number of rotatable bonds is 4. The Morgan fingerprint density at radius 2 is 2.29 bits per heavy atom. The van der Waals surface area contributed by atoms with Crippen LogP contribution in [0.5, 0.6) is 0 Å². The van der Waals surface area contributed by atoms with E-state index < -0.39 is 0 Å². The summed E-state index contributed by atoms with van der Waals surface area (Å²) in [6.45, 7) is 6.61. The standard InChI is InChI=1S/C15H22N2O3S/c1-10-9-20-11(2)8-17(10)15(19)7-13(16-12(3)18)14-5-4-6-21-14/h4-6,10-11,13H,7-9H2,1-3H3,(H,16,18)/t10-,11+,13-/m1/s1. The van der Waals surface area contributed by atoms with Crippen molar-refractivity contribution in [2.24, 2.45) is 0 Å². The number of hydrogen-bond donors (Lipinski definition) is 1. The lowest BCUT2D eigenvalue weighted by molar-refractivity contribution is -0.143. The highest BCUT2D eigenvalue weighted by Gasteiger charge is 2.29. The van der Waals surface area contributed by atoms with E-state index in [0.29, 0.717) is 13.2 Å². The van der Waals surface area contributed by atoms with Gasteiger partial charge in [-0.3, -0.25) is 9.59 Å². The van der Waals surface area contributed by atoms with E-state index in [-0.39, 0.29) is 36.4 Å². The topological polar surface area (TPSA) is 58.6 Å². The molecule has 1 aliphatic rings. The number of nitrogens with one attached hydrogen (secondary N) is 1. The maximum Gasteiger partial charge on any atom is 0.225 e. The van der Waals surface area contributed by atoms with Gasteiger partial charge in [0, 0.05) is 18.3 Å². The van der Waals surface area contributed by atoms with Crippen molar-refractivity contribution >= 4 is 23.2 Å². The van der Waals surface area contributed by atoms with Gasteiger partial charge in [0.05, 0.1) is 31.2 Å². The van der Waals surface area contributed by atoms with Gasteiger partial charge in [-0.15, -0.1) is 11.3 Å². The Bertz CT molecular complexity index is 489. The van der Waals surface area contributed by atoms with Gasteiger partial charge in [0.2, 0.25) is 11.8 Å². The van der Waals surface area contributed by atoms with Gasteiger partial charge in [-0.05, 0) is 25.3 Å². The molecule has 0 aliphatic carbocycles. The maximum atomic E-state index is 12.6. The number of nitrogens with zero attached hydrogens (tertiary/aromatic N) is 1. The zero-order valence-corrected chi connectivity index (χ0v) is 13.5. The number of morpholine rings is 1. The van der Waals surface area contributed by atoms with Crippen molar-refractivity contribution in [1.29, 1.82) is 0 Å². The van der Waals surface area contributed by atoms with E-state index in [9.17, 15) is 9.59 Å². The SMILES string of the molecule is CC(=O)N[C@H](CC(=O)N1C[C@H](C)OC[C@H]1C)c1cccs1. The van der Waals surface area contributed by atoms with Crippen LogP contribution in [0.15, 0.2) is 17.5 Å². The molecule has 3 atom stereocenters. The van der Waals surface area contributed by atoms with Crippen LogP contribution in [0.1, 0.15) is 38.1 Å². The van der Waals surface area contributed by atoms with Crippen molar-refractivity contribution in [1.82, 2.24) is 10.2 Å². The van der Waals surface area contributed by atoms with Crippen molar-refractivity contribution in [3.8, 4) is 0 Å². The molecule has 1 aromatic rings. The average molecular weight is 310 g/mol. The smallest absolute Gasteiger partial charge is 0.225 e. The number of amides is 2. The zero-order chi connectivity index (χ0) is 15.4. The molecule has 6 heteroatoms. The first kappa shape index (κ1) is 16.0. The second-order valence-corrected chi connectivity index (χ2v) is 6.49. The predicted molar refractivity (Wildman–Crippen MR) is 82.1 cm³/mol. The second kappa shape index (κ2) is 7.04. The Morgan fingerprint density at radius 1 is 1.52 bits per heavy atom. The lowest BCUT2D eigenvalue weighted by atomic mass is 10.1. The van der Waals surface area contributed by atoms with E-state index >= 15 is 0 Å². The summed E-state index contributed by atoms with van der Waals surface area (Å²) in [4.78, 5) is 26.8. The van der Waals surface area contributed by atoms with Gasteiger partial charge < -0.3 is 15.0 Å². The Hall–Kier alpha value is -1.40. The molecule has 0 bridgehead atoms. The van der Waals surface area contributed by atoms with Crippen molar-refractivity contribution in [2.45, 2.75) is 45.4 Å². The molecule has 1 saturated heterocycles. The predicted octanol–water partition coefficient (Wildman–Crippen LogP) is 1.95. The fourth-order valence-corrected chi connectivity index (χ4v) is 3.28. The van der Waals surface area contributed by atoms with E-state index in [1.165, 1.54) is 6.92 Å². The lowest BCUT2D eigenvalue weighted by Gasteiger charge is -2.37. The molecule has 1 aliphatic heterocycles. The van der Waals surface area contributed by atoms with Gasteiger partial charge in [0.1, 0.15) is 0 Å². The minimum absolute atomic E-state index is 0.0600. The van der Waals surface area contributed by atoms with Crippen LogP contribution in [-0.4, -0.2) is 42.0 Å². The molecule has 0 aromatic carbocycles. The van der Waals surface area contributed by atoms with Crippen molar-refractivity contribution < 1.29 is 14.3 Å². The molecule has 1 N–H and O–H groups in total. The molecule has 1 aromatic heterocycles. The fraction of sp³-hybridized carbons (Fsp3) is 0.600. The van der Waals surface area contributed by atoms with E-state index in [1.54, 1.807) is 11.3 Å². The molecule has 0 radical (unpaired) electrons. The Kier molecular flexibility index (Phi) is 5.36. The van der Waals surface area contributed by atoms with Crippen LogP contribution in [0.3, 0.4) is 0 Å². The highest BCUT2D eigenvalue weighted by atomic mass is 32.1. The molecule has 2 heterocycles. The largest absolute Gasteiger partial charge is 0.375 e. The third kappa shape index (κ3) is 4.28. The van der Waals surface area contributed by atoms with Crippen LogP contribution in [0.25, 0.3) is 0 Å². The monoisotopic (exact) mass is 310 g/mol. The summed E-state index contributed by atoms with van der Waals surface area (Å²) in [6.07, 6.45) is 0.350. The summed E-state index contributed by atoms with van der Waals surface area (Å²) < 4.78 is 5.55. The highest BCUT2D eigenvalue weighted by molar-refractivity contribution is 7.10. The lowest BCUT2D eigenvalue weighted by Crippen LogP contribution is -2.50. The number of hydrogen-bond acceptors (Lipinski definition) is 4. The van der Waals surface area contributed by atoms with Crippen LogP contribution in [0.4, 0.5) is 0 Å². The normalized spacial score (nSPS) is 23.7. The number of thiophene rings is 1. The van der Waals surface area contributed by atoms with Crippen LogP contribution >= 0.6 is 11.3 Å². The second-order valence-electron chi connectivity index (χ2n) is 5.51. The van der Waals surface area contributed by atoms with Gasteiger partial charge in [0.15, 0.2) is 0 Å². The van der Waals surface area contributed by atoms with E-state index in [2.05, 4.69) is 5.32 Å². The molecule has 1 fully saturated rings. The molecule has 21 heavy (non-hydrogen) atoms. The van der Waals surface area contributed by atoms with Crippen molar-refractivity contribution in [2.75, 3.05) is 13.2 Å². The summed E-state index contributed by atoms with van der Waals surface area (Å²) in [6, 6.07) is 3.71. The number of carbonyl (C=O) groups excluding carboxylic acids is 2. The van der Waals surface area contributed by atoms with Gasteiger partial charge in [-0.2, -0.15) is 0 Å². The maximum absolute atomic E-state index is 12.6. The molecule has 2 amide bonds. The van der Waals surface area contributed by atoms with Crippen LogP contribution in [0, 0.1) is 0 Å². The Balaban J connectivity index is 2.05. The minimum atomic E-state index is -0.250. The molecule has 2 rings (SSSR count). The zero-order valence-electron chi connectivity index (χ0n) is 12.7. The third-order valence-corrected chi connectivity index (χ3v) is 4.56. The molecular weight excluding hydrogens is 288 g/mol. The van der Waals surface area contributed by atoms with Crippen LogP contribution in [0.2, 0.25) is 0 Å². The van der Waals surface area contributed by atoms with E-state index in [4.69, 9.17) is 4.74 Å². The summed E-state index contributed by atoms with van der Waals surface area (Å²) in [5.41, 5.74) is 0.